The third-order valence-electron chi connectivity index (χ3n) is 17.0. The number of aliphatic hydroxyl groups is 2. The molecule has 3 heterocycles. The molecular formula is C63H103NO18. The highest BCUT2D eigenvalue weighted by Crippen LogP contribution is 2.38. The van der Waals surface area contributed by atoms with Gasteiger partial charge in [0.15, 0.2) is 5.78 Å². The molecule has 2 bridgehead atoms. The predicted molar refractivity (Wildman–Crippen MR) is 308 cm³/mol. The van der Waals surface area contributed by atoms with Gasteiger partial charge in [0.2, 0.25) is 5.79 Å². The Balaban J connectivity index is 1.56. The van der Waals surface area contributed by atoms with Crippen LogP contribution in [0, 0.1) is 35.5 Å². The van der Waals surface area contributed by atoms with E-state index in [1.165, 1.54) is 19.1 Å². The first-order valence-corrected chi connectivity index (χ1v) is 30.1. The molecule has 19 nitrogen and oxygen atoms in total. The van der Waals surface area contributed by atoms with Crippen LogP contribution in [-0.2, 0) is 76.1 Å². The van der Waals surface area contributed by atoms with Gasteiger partial charge in [-0.1, -0.05) is 71.1 Å². The van der Waals surface area contributed by atoms with E-state index in [2.05, 4.69) is 0 Å². The van der Waals surface area contributed by atoms with E-state index in [1.807, 2.05) is 78.0 Å². The second-order valence-electron chi connectivity index (χ2n) is 23.4. The third-order valence-corrected chi connectivity index (χ3v) is 17.0. The van der Waals surface area contributed by atoms with Crippen LogP contribution in [0.4, 0.5) is 0 Å². The van der Waals surface area contributed by atoms with Gasteiger partial charge in [-0.05, 0) is 113 Å². The Morgan fingerprint density at radius 1 is 0.744 bits per heavy atom. The Morgan fingerprint density at radius 3 is 2.09 bits per heavy atom. The number of allylic oxidation sites excluding steroid dienone is 5. The number of ketones is 2. The van der Waals surface area contributed by atoms with Crippen molar-refractivity contribution in [3.05, 3.63) is 47.6 Å². The number of hydrogen-bond acceptors (Lipinski definition) is 18. The summed E-state index contributed by atoms with van der Waals surface area (Å²) in [5.41, 5.74) is 1.57. The van der Waals surface area contributed by atoms with Crippen molar-refractivity contribution in [3.8, 4) is 0 Å². The number of rotatable bonds is 21. The number of carbonyl (C=O) groups excluding carboxylic acids is 5. The maximum atomic E-state index is 14.7. The number of esters is 2. The van der Waals surface area contributed by atoms with Crippen molar-refractivity contribution in [2.45, 2.75) is 199 Å². The molecule has 2 N–H and O–H groups in total. The number of hydrogen-bond donors (Lipinski definition) is 2. The molecule has 0 spiro atoms. The molecule has 4 aliphatic rings. The summed E-state index contributed by atoms with van der Waals surface area (Å²) >= 11 is 0. The molecule has 1 saturated carbocycles. The lowest BCUT2D eigenvalue weighted by molar-refractivity contribution is -0.265. The molecule has 0 aromatic heterocycles. The Kier molecular flexibility index (Phi) is 31.9. The van der Waals surface area contributed by atoms with Crippen LogP contribution in [0.25, 0.3) is 0 Å². The van der Waals surface area contributed by atoms with Gasteiger partial charge in [0, 0.05) is 85.7 Å². The van der Waals surface area contributed by atoms with E-state index >= 15 is 0 Å². The van der Waals surface area contributed by atoms with Crippen LogP contribution in [0.15, 0.2) is 47.6 Å². The first-order chi connectivity index (χ1) is 39.2. The van der Waals surface area contributed by atoms with Crippen molar-refractivity contribution in [3.63, 3.8) is 0 Å². The Labute approximate surface area is 489 Å². The maximum absolute atomic E-state index is 14.7. The largest absolute Gasteiger partial charge is 0.460 e. The second kappa shape index (κ2) is 37.0. The topological polar surface area (TPSA) is 231 Å². The standard InChI is InChI=1S/C63H103NO18/c1-41-19-14-13-15-20-42(2)53(73-9)39-49-25-23-47(7)63(71,82-49)60(68)61(69)64-27-17-16-21-50(64)62(70)81-54(40-51(65)43(3)36-46(6)58(75-11)59(76-12)57(67)45(5)35-41)44(4)37-48-24-26-52(55(38-48)74-10)80-56(66)22-18-28-77-31-32-79-34-33-78-30-29-72-8/h13-15,19-20,36,41,43-45,47-55,58-59,65,71H,16-18,21-35,37-40H2,1-12H3/b15-13+,19-14+,42-20+,46-36+/t41-,43-,44-,45-,47-,48+,49+,50+,51-,52-,53+,54+,55-,58?,59+,63-/m1/s1. The van der Waals surface area contributed by atoms with Crippen molar-refractivity contribution >= 4 is 29.4 Å². The fraction of sp³-hybridized carbons (Fsp3) is 0.794. The second-order valence-corrected chi connectivity index (χ2v) is 23.4. The Bertz CT molecular complexity index is 2080. The molecule has 3 fully saturated rings. The molecule has 82 heavy (non-hydrogen) atoms. The van der Waals surface area contributed by atoms with Gasteiger partial charge in [0.05, 0.1) is 64.1 Å². The number of fused-ring (bicyclic) bond motifs is 3. The summed E-state index contributed by atoms with van der Waals surface area (Å²) in [5.74, 6) is -7.53. The quantitative estimate of drug-likeness (QED) is 0.0486. The number of ether oxygens (including phenoxy) is 11. The van der Waals surface area contributed by atoms with Crippen molar-refractivity contribution < 1.29 is 86.3 Å². The molecule has 19 heteroatoms. The highest BCUT2D eigenvalue weighted by molar-refractivity contribution is 6.39. The van der Waals surface area contributed by atoms with Crippen molar-refractivity contribution in [2.24, 2.45) is 35.5 Å². The number of aliphatic hydroxyl groups excluding tert-OH is 1. The van der Waals surface area contributed by atoms with Gasteiger partial charge >= 0.3 is 11.9 Å². The number of nitrogens with zero attached hydrogens (tertiary/aromatic N) is 1. The summed E-state index contributed by atoms with van der Waals surface area (Å²) in [6.45, 7) is 16.5. The molecule has 1 aliphatic carbocycles. The van der Waals surface area contributed by atoms with Crippen LogP contribution in [0.2, 0.25) is 0 Å². The lowest BCUT2D eigenvalue weighted by atomic mass is 9.78. The first-order valence-electron chi connectivity index (χ1n) is 30.1. The lowest BCUT2D eigenvalue weighted by Crippen LogP contribution is -2.61. The third kappa shape index (κ3) is 22.0. The molecule has 468 valence electrons. The summed E-state index contributed by atoms with van der Waals surface area (Å²) in [5, 5.41) is 24.2. The fourth-order valence-corrected chi connectivity index (χ4v) is 11.9. The van der Waals surface area contributed by atoms with E-state index in [1.54, 1.807) is 28.3 Å². The van der Waals surface area contributed by atoms with Gasteiger partial charge in [0.25, 0.3) is 11.7 Å². The van der Waals surface area contributed by atoms with Crippen LogP contribution >= 0.6 is 0 Å². The van der Waals surface area contributed by atoms with E-state index in [0.717, 1.165) is 5.57 Å². The van der Waals surface area contributed by atoms with Crippen LogP contribution in [0.3, 0.4) is 0 Å². The molecule has 16 atom stereocenters. The Hall–Kier alpha value is -3.73. The smallest absolute Gasteiger partial charge is 0.329 e. The van der Waals surface area contributed by atoms with Crippen LogP contribution < -0.4 is 0 Å². The maximum Gasteiger partial charge on any atom is 0.329 e. The number of piperidine rings is 1. The van der Waals surface area contributed by atoms with Gasteiger partial charge in [-0.2, -0.15) is 0 Å². The zero-order valence-electron chi connectivity index (χ0n) is 51.6. The minimum atomic E-state index is -2.44. The lowest BCUT2D eigenvalue weighted by Gasteiger charge is -2.43. The number of amides is 1. The summed E-state index contributed by atoms with van der Waals surface area (Å²) < 4.78 is 63.7. The van der Waals surface area contributed by atoms with Crippen LogP contribution in [0.1, 0.15) is 138 Å². The normalized spacial score (nSPS) is 35.3. The summed E-state index contributed by atoms with van der Waals surface area (Å²) in [6, 6.07) is -1.14. The zero-order chi connectivity index (χ0) is 60.4. The minimum Gasteiger partial charge on any atom is -0.460 e. The molecule has 2 saturated heterocycles. The molecule has 1 amide bonds. The highest BCUT2D eigenvalue weighted by Gasteiger charge is 2.53. The molecule has 3 aliphatic heterocycles. The number of Topliss-reactive ketones (excluding diaryl/α,β-unsaturated/α-hetero) is 2. The van der Waals surface area contributed by atoms with Gasteiger partial charge in [-0.25, -0.2) is 4.79 Å². The van der Waals surface area contributed by atoms with E-state index in [-0.39, 0.29) is 67.3 Å². The average molecular weight is 1160 g/mol. The number of carbonyl (C=O) groups is 5. The molecule has 1 unspecified atom stereocenters. The minimum absolute atomic E-state index is 0.0185. The Morgan fingerprint density at radius 2 is 1.43 bits per heavy atom. The van der Waals surface area contributed by atoms with Crippen LogP contribution in [0.5, 0.6) is 0 Å². The van der Waals surface area contributed by atoms with Gasteiger partial charge < -0.3 is 67.2 Å². The molecule has 0 aromatic rings. The monoisotopic (exact) mass is 1160 g/mol. The molecule has 4 rings (SSSR count). The van der Waals surface area contributed by atoms with Crippen molar-refractivity contribution in [1.29, 1.82) is 0 Å². The zero-order valence-corrected chi connectivity index (χ0v) is 51.6. The van der Waals surface area contributed by atoms with E-state index < -0.39 is 84.1 Å². The first kappa shape index (κ1) is 70.8. The average Bonchev–Trinajstić information content (AvgIpc) is 3.66. The van der Waals surface area contributed by atoms with Gasteiger partial charge in [-0.3, -0.25) is 19.2 Å². The molecule has 0 aromatic carbocycles. The van der Waals surface area contributed by atoms with Gasteiger partial charge in [0.1, 0.15) is 30.5 Å². The highest BCUT2D eigenvalue weighted by atomic mass is 16.6. The molecular weight excluding hydrogens is 1060 g/mol. The number of methoxy groups -OCH3 is 5. The summed E-state index contributed by atoms with van der Waals surface area (Å²) in [4.78, 5) is 71.9. The van der Waals surface area contributed by atoms with Crippen molar-refractivity contribution in [2.75, 3.05) is 88.3 Å². The summed E-state index contributed by atoms with van der Waals surface area (Å²) in [6.07, 6.45) is 12.4. The van der Waals surface area contributed by atoms with Crippen molar-refractivity contribution in [1.82, 2.24) is 4.90 Å². The number of cyclic esters (lactones) is 1. The fourth-order valence-electron chi connectivity index (χ4n) is 11.9. The van der Waals surface area contributed by atoms with E-state index in [4.69, 9.17) is 52.1 Å². The van der Waals surface area contributed by atoms with E-state index in [0.29, 0.717) is 122 Å². The van der Waals surface area contributed by atoms with E-state index in [9.17, 15) is 34.2 Å². The van der Waals surface area contributed by atoms with Gasteiger partial charge in [-0.15, -0.1) is 0 Å². The summed E-state index contributed by atoms with van der Waals surface area (Å²) in [7, 11) is 7.82. The van der Waals surface area contributed by atoms with Crippen LogP contribution in [-0.4, -0.2) is 194 Å². The SMILES string of the molecule is COCCOCCOCCOCCCC(=O)O[C@@H]1CC[C@@H](C[C@@H](C)[C@@H]2C[C@@H](O)[C@H](C)/C=C(\C)C(OC)[C@@H](OC)C(=O)[C@H](C)C[C@H](C)/C=C/C=C/C=C(\C)[C@@H](OC)C[C@@H]3CC[C@@H](C)[C@@](O)(O3)C(=O)C(=O)N3CCCC[C@H]3C(=O)O2)C[C@H]1OC. The molecule has 0 radical (unpaired) electrons. The predicted octanol–water partition coefficient (Wildman–Crippen LogP) is 7.65.